The third kappa shape index (κ3) is 3.17. The molecule has 0 saturated carbocycles. The number of thiophene rings is 1. The molecule has 1 aromatic carbocycles. The van der Waals surface area contributed by atoms with Crippen molar-refractivity contribution in [3.8, 4) is 11.5 Å². The van der Waals surface area contributed by atoms with E-state index in [-0.39, 0.29) is 5.91 Å². The molecule has 2 aromatic heterocycles. The zero-order chi connectivity index (χ0) is 17.4. The van der Waals surface area contributed by atoms with Gasteiger partial charge in [-0.1, -0.05) is 17.4 Å². The number of nitrogens with zero attached hydrogens (tertiary/aromatic N) is 2. The lowest BCUT2D eigenvalue weighted by Crippen LogP contribution is -2.17. The van der Waals surface area contributed by atoms with Gasteiger partial charge in [-0.15, -0.1) is 17.9 Å². The highest BCUT2D eigenvalue weighted by Gasteiger charge is 2.17. The van der Waals surface area contributed by atoms with Crippen molar-refractivity contribution in [2.45, 2.75) is 6.54 Å². The molecule has 3 heterocycles. The maximum Gasteiger partial charge on any atom is 0.289 e. The molecule has 5 nitrogen and oxygen atoms in total. The fourth-order valence-corrected chi connectivity index (χ4v) is 4.89. The van der Waals surface area contributed by atoms with Gasteiger partial charge in [-0.3, -0.25) is 4.79 Å². The SMILES string of the molecule is C=CCn1c(=NC(=O)c2ccc(Br)s2)sc2cc3c(cc21)OCCO3. The second-order valence-corrected chi connectivity index (χ2v) is 8.74. The van der Waals surface area contributed by atoms with E-state index in [4.69, 9.17) is 9.47 Å². The molecule has 0 bridgehead atoms. The summed E-state index contributed by atoms with van der Waals surface area (Å²) in [4.78, 5) is 18.0. The summed E-state index contributed by atoms with van der Waals surface area (Å²) in [5.41, 5.74) is 0.952. The van der Waals surface area contributed by atoms with Crippen LogP contribution < -0.4 is 14.3 Å². The molecular weight excluding hydrogens is 424 g/mol. The summed E-state index contributed by atoms with van der Waals surface area (Å²) in [7, 11) is 0. The smallest absolute Gasteiger partial charge is 0.289 e. The van der Waals surface area contributed by atoms with Gasteiger partial charge in [0.15, 0.2) is 16.3 Å². The van der Waals surface area contributed by atoms with Gasteiger partial charge in [0.1, 0.15) is 13.2 Å². The average molecular weight is 437 g/mol. The lowest BCUT2D eigenvalue weighted by atomic mass is 10.2. The highest BCUT2D eigenvalue weighted by atomic mass is 79.9. The van der Waals surface area contributed by atoms with E-state index in [9.17, 15) is 4.79 Å². The van der Waals surface area contributed by atoms with Gasteiger partial charge in [0.2, 0.25) is 0 Å². The number of benzene rings is 1. The first-order valence-electron chi connectivity index (χ1n) is 7.54. The Morgan fingerprint density at radius 1 is 1.28 bits per heavy atom. The lowest BCUT2D eigenvalue weighted by molar-refractivity contribution is 0.100. The molecule has 0 fully saturated rings. The molecule has 1 aliphatic heterocycles. The molecule has 0 atom stereocenters. The molecule has 0 saturated heterocycles. The zero-order valence-corrected chi connectivity index (χ0v) is 16.2. The number of hydrogen-bond acceptors (Lipinski definition) is 5. The van der Waals surface area contributed by atoms with E-state index in [1.165, 1.54) is 22.7 Å². The van der Waals surface area contributed by atoms with E-state index in [1.807, 2.05) is 22.8 Å². The highest BCUT2D eigenvalue weighted by molar-refractivity contribution is 9.11. The molecular formula is C17H13BrN2O3S2. The van der Waals surface area contributed by atoms with Crippen molar-refractivity contribution in [2.75, 3.05) is 13.2 Å². The number of thiazole rings is 1. The number of allylic oxidation sites excluding steroid dienone is 1. The number of carbonyl (C=O) groups excluding carboxylic acids is 1. The minimum Gasteiger partial charge on any atom is -0.486 e. The summed E-state index contributed by atoms with van der Waals surface area (Å²) in [5.74, 6) is 1.19. The number of fused-ring (bicyclic) bond motifs is 2. The number of amides is 1. The van der Waals surface area contributed by atoms with Crippen LogP contribution in [-0.4, -0.2) is 23.7 Å². The topological polar surface area (TPSA) is 52.8 Å². The fourth-order valence-electron chi connectivity index (χ4n) is 2.57. The Kier molecular flexibility index (Phi) is 4.49. The quantitative estimate of drug-likeness (QED) is 0.577. The molecule has 3 aromatic rings. The van der Waals surface area contributed by atoms with Gasteiger partial charge in [0.25, 0.3) is 5.91 Å². The van der Waals surface area contributed by atoms with Crippen LogP contribution in [0.5, 0.6) is 11.5 Å². The van der Waals surface area contributed by atoms with Crippen LogP contribution in [0.4, 0.5) is 0 Å². The summed E-state index contributed by atoms with van der Waals surface area (Å²) in [6.07, 6.45) is 1.79. The molecule has 1 amide bonds. The molecule has 0 aliphatic carbocycles. The van der Waals surface area contributed by atoms with Crippen molar-refractivity contribution in [3.05, 3.63) is 50.4 Å². The fraction of sp³-hybridized carbons (Fsp3) is 0.176. The van der Waals surface area contributed by atoms with Crippen LogP contribution >= 0.6 is 38.6 Å². The van der Waals surface area contributed by atoms with Gasteiger partial charge in [0.05, 0.1) is 18.9 Å². The normalized spacial score (nSPS) is 14.0. The third-order valence-electron chi connectivity index (χ3n) is 3.64. The van der Waals surface area contributed by atoms with Crippen molar-refractivity contribution in [1.82, 2.24) is 4.57 Å². The van der Waals surface area contributed by atoms with Crippen LogP contribution in [0.2, 0.25) is 0 Å². The Hall–Kier alpha value is -1.90. The van der Waals surface area contributed by atoms with Crippen LogP contribution in [0, 0.1) is 0 Å². The Balaban J connectivity index is 1.87. The molecule has 4 rings (SSSR count). The lowest BCUT2D eigenvalue weighted by Gasteiger charge is -2.18. The van der Waals surface area contributed by atoms with Crippen LogP contribution in [-0.2, 0) is 6.54 Å². The second kappa shape index (κ2) is 6.78. The van der Waals surface area contributed by atoms with E-state index in [0.717, 1.165) is 25.5 Å². The maximum atomic E-state index is 12.5. The number of rotatable bonds is 3. The first-order chi connectivity index (χ1) is 12.2. The van der Waals surface area contributed by atoms with Crippen LogP contribution in [0.25, 0.3) is 10.2 Å². The summed E-state index contributed by atoms with van der Waals surface area (Å²) in [5, 5.41) is 0. The average Bonchev–Trinajstić information content (AvgIpc) is 3.18. The van der Waals surface area contributed by atoms with Gasteiger partial charge in [0, 0.05) is 18.7 Å². The van der Waals surface area contributed by atoms with Crippen LogP contribution in [0.3, 0.4) is 0 Å². The first kappa shape index (κ1) is 16.6. The molecule has 0 N–H and O–H groups in total. The Labute approximate surface area is 160 Å². The maximum absolute atomic E-state index is 12.5. The monoisotopic (exact) mass is 436 g/mol. The van der Waals surface area contributed by atoms with Gasteiger partial charge >= 0.3 is 0 Å². The van der Waals surface area contributed by atoms with Crippen LogP contribution in [0.1, 0.15) is 9.67 Å². The Bertz CT molecular complexity index is 1050. The number of aromatic nitrogens is 1. The van der Waals surface area contributed by atoms with E-state index in [1.54, 1.807) is 12.1 Å². The van der Waals surface area contributed by atoms with Gasteiger partial charge < -0.3 is 14.0 Å². The van der Waals surface area contributed by atoms with Gasteiger partial charge in [-0.05, 0) is 28.1 Å². The number of hydrogen-bond donors (Lipinski definition) is 0. The van der Waals surface area contributed by atoms with Gasteiger partial charge in [-0.25, -0.2) is 0 Å². The summed E-state index contributed by atoms with van der Waals surface area (Å²) < 4.78 is 15.2. The second-order valence-electron chi connectivity index (χ2n) is 5.27. The zero-order valence-electron chi connectivity index (χ0n) is 13.0. The molecule has 8 heteroatoms. The van der Waals surface area contributed by atoms with Gasteiger partial charge in [-0.2, -0.15) is 4.99 Å². The Morgan fingerprint density at radius 3 is 2.72 bits per heavy atom. The summed E-state index contributed by atoms with van der Waals surface area (Å²) in [6.45, 7) is 5.44. The number of ether oxygens (including phenoxy) is 2. The number of carbonyl (C=O) groups is 1. The van der Waals surface area contributed by atoms with E-state index in [0.29, 0.717) is 29.4 Å². The molecule has 0 unspecified atom stereocenters. The third-order valence-corrected chi connectivity index (χ3v) is 6.29. The molecule has 128 valence electrons. The summed E-state index contributed by atoms with van der Waals surface area (Å²) in [6, 6.07) is 7.50. The molecule has 25 heavy (non-hydrogen) atoms. The highest BCUT2D eigenvalue weighted by Crippen LogP contribution is 2.35. The standard InChI is InChI=1S/C17H13BrN2O3S2/c1-2-5-20-10-8-11-12(23-7-6-22-11)9-14(10)25-17(20)19-16(21)13-3-4-15(18)24-13/h2-4,8-9H,1,5-7H2. The minimum absolute atomic E-state index is 0.252. The van der Waals surface area contributed by atoms with Crippen LogP contribution in [0.15, 0.2) is 45.7 Å². The molecule has 0 spiro atoms. The van der Waals surface area contributed by atoms with E-state index in [2.05, 4.69) is 27.5 Å². The molecule has 0 radical (unpaired) electrons. The van der Waals surface area contributed by atoms with Crippen molar-refractivity contribution in [1.29, 1.82) is 0 Å². The largest absolute Gasteiger partial charge is 0.486 e. The van der Waals surface area contributed by atoms with Crippen molar-refractivity contribution >= 4 is 54.7 Å². The van der Waals surface area contributed by atoms with Crippen molar-refractivity contribution in [2.24, 2.45) is 4.99 Å². The summed E-state index contributed by atoms with van der Waals surface area (Å²) >= 11 is 6.19. The predicted molar refractivity (Wildman–Crippen MR) is 103 cm³/mol. The minimum atomic E-state index is -0.252. The number of halogens is 1. The van der Waals surface area contributed by atoms with E-state index < -0.39 is 0 Å². The Morgan fingerprint density at radius 2 is 2.04 bits per heavy atom. The van der Waals surface area contributed by atoms with E-state index >= 15 is 0 Å². The van der Waals surface area contributed by atoms with Crippen molar-refractivity contribution in [3.63, 3.8) is 0 Å². The predicted octanol–water partition coefficient (Wildman–Crippen LogP) is 4.23. The van der Waals surface area contributed by atoms with Crippen molar-refractivity contribution < 1.29 is 14.3 Å². The first-order valence-corrected chi connectivity index (χ1v) is 9.96. The molecule has 1 aliphatic rings.